The Bertz CT molecular complexity index is 1610. The number of amides is 1. The molecular weight excluding hydrogens is 579 g/mol. The molecule has 0 aliphatic carbocycles. The molecule has 1 aliphatic heterocycles. The highest BCUT2D eigenvalue weighted by Gasteiger charge is 2.62. The number of alkyl halides is 3. The number of oxime groups is 1. The van der Waals surface area contributed by atoms with Crippen molar-refractivity contribution in [1.82, 2.24) is 0 Å². The van der Waals surface area contributed by atoms with Crippen molar-refractivity contribution in [2.75, 3.05) is 5.75 Å². The van der Waals surface area contributed by atoms with Gasteiger partial charge in [0.25, 0.3) is 11.5 Å². The molecule has 4 rings (SSSR count). The summed E-state index contributed by atoms with van der Waals surface area (Å²) in [4.78, 5) is 18.4. The van der Waals surface area contributed by atoms with Gasteiger partial charge in [0.05, 0.1) is 25.5 Å². The Labute approximate surface area is 232 Å². The van der Waals surface area contributed by atoms with Crippen molar-refractivity contribution < 1.29 is 31.4 Å². The number of carbonyl (C=O) groups excluding carboxylic acids is 1. The molecule has 2 atom stereocenters. The molecule has 206 valence electrons. The van der Waals surface area contributed by atoms with E-state index in [2.05, 4.69) is 9.52 Å². The van der Waals surface area contributed by atoms with E-state index < -0.39 is 55.3 Å². The van der Waals surface area contributed by atoms with E-state index in [4.69, 9.17) is 28.0 Å². The van der Waals surface area contributed by atoms with Crippen molar-refractivity contribution in [2.24, 2.45) is 9.52 Å². The zero-order chi connectivity index (χ0) is 28.8. The van der Waals surface area contributed by atoms with E-state index >= 15 is 0 Å². The fourth-order valence-corrected chi connectivity index (χ4v) is 6.29. The summed E-state index contributed by atoms with van der Waals surface area (Å²) in [7, 11) is -3.03. The first-order chi connectivity index (χ1) is 18.2. The summed E-state index contributed by atoms with van der Waals surface area (Å²) in [5, 5.41) is 2.51. The van der Waals surface area contributed by atoms with Crippen molar-refractivity contribution >= 4 is 44.5 Å². The lowest BCUT2D eigenvalue weighted by Gasteiger charge is -2.29. The first-order valence-corrected chi connectivity index (χ1v) is 14.1. The van der Waals surface area contributed by atoms with Crippen molar-refractivity contribution in [3.05, 3.63) is 98.3 Å². The number of nitrogens with zero attached hydrogens (tertiary/aromatic N) is 2. The Morgan fingerprint density at radius 2 is 1.77 bits per heavy atom. The maximum atomic E-state index is 14.3. The third-order valence-corrected chi connectivity index (χ3v) is 9.19. The van der Waals surface area contributed by atoms with Crippen LogP contribution in [0.3, 0.4) is 0 Å². The molecule has 0 saturated carbocycles. The lowest BCUT2D eigenvalue weighted by Crippen LogP contribution is -2.42. The Balaban J connectivity index is 1.67. The molecule has 0 bridgehead atoms. The highest BCUT2D eigenvalue weighted by molar-refractivity contribution is 7.94. The molecule has 3 aromatic rings. The van der Waals surface area contributed by atoms with Crippen molar-refractivity contribution in [3.63, 3.8) is 0 Å². The largest absolute Gasteiger partial charge is 0.435 e. The predicted molar refractivity (Wildman–Crippen MR) is 142 cm³/mol. The van der Waals surface area contributed by atoms with Gasteiger partial charge in [0.15, 0.2) is 5.82 Å². The van der Waals surface area contributed by atoms with Crippen LogP contribution in [0, 0.1) is 19.7 Å². The quantitative estimate of drug-likeness (QED) is 0.220. The average molecular weight is 601 g/mol. The van der Waals surface area contributed by atoms with E-state index in [1.165, 1.54) is 18.2 Å². The molecule has 0 fully saturated rings. The highest BCUT2D eigenvalue weighted by atomic mass is 35.5. The number of aryl methyl sites for hydroxylation is 2. The minimum Gasteiger partial charge on any atom is -0.374 e. The van der Waals surface area contributed by atoms with Gasteiger partial charge in [-0.25, -0.2) is 8.60 Å². The first-order valence-electron chi connectivity index (χ1n) is 11.6. The van der Waals surface area contributed by atoms with Gasteiger partial charge in [0.1, 0.15) is 0 Å². The zero-order valence-corrected chi connectivity index (χ0v) is 23.2. The molecule has 5 nitrogen and oxygen atoms in total. The van der Waals surface area contributed by atoms with Gasteiger partial charge in [0, 0.05) is 28.2 Å². The molecule has 39 heavy (non-hydrogen) atoms. The Hall–Kier alpha value is -2.95. The van der Waals surface area contributed by atoms with E-state index in [0.717, 1.165) is 17.7 Å². The molecule has 1 aliphatic rings. The lowest BCUT2D eigenvalue weighted by atomic mass is 9.86. The maximum absolute atomic E-state index is 14.3. The Morgan fingerprint density at radius 3 is 2.33 bits per heavy atom. The summed E-state index contributed by atoms with van der Waals surface area (Å²) in [6.45, 7) is 5.09. The van der Waals surface area contributed by atoms with Crippen LogP contribution in [0.5, 0.6) is 0 Å². The molecule has 1 heterocycles. The van der Waals surface area contributed by atoms with Gasteiger partial charge >= 0.3 is 6.18 Å². The van der Waals surface area contributed by atoms with E-state index in [0.29, 0.717) is 10.5 Å². The van der Waals surface area contributed by atoms with Crippen LogP contribution < -0.4 is 0 Å². The minimum atomic E-state index is -4.96. The number of hydrogen-bond donors (Lipinski definition) is 0. The van der Waals surface area contributed by atoms with Crippen molar-refractivity contribution in [2.45, 2.75) is 43.9 Å². The van der Waals surface area contributed by atoms with Crippen molar-refractivity contribution in [3.8, 4) is 0 Å². The van der Waals surface area contributed by atoms with Crippen LogP contribution in [-0.4, -0.2) is 27.8 Å². The van der Waals surface area contributed by atoms with Crippen LogP contribution in [-0.2, 0) is 20.2 Å². The summed E-state index contributed by atoms with van der Waals surface area (Å²) in [5.74, 6) is -1.64. The van der Waals surface area contributed by atoms with Crippen molar-refractivity contribution in [1.29, 1.82) is 0 Å². The fraction of sp³-hybridized carbons (Fsp3) is 0.259. The SMILES string of the molecule is CCS(=O)(=NC(=O)c1ccc(C2=NOC(c3cc(Cl)c(F)c(Cl)c3)(C(F)(F)F)C2)cc1C)c1cccc(C)c1. The third-order valence-electron chi connectivity index (χ3n) is 6.41. The van der Waals surface area contributed by atoms with Gasteiger partial charge in [0.2, 0.25) is 0 Å². The van der Waals surface area contributed by atoms with Crippen LogP contribution >= 0.6 is 23.2 Å². The Kier molecular flexibility index (Phi) is 7.86. The summed E-state index contributed by atoms with van der Waals surface area (Å²) >= 11 is 11.5. The van der Waals surface area contributed by atoms with Crippen LogP contribution in [0.4, 0.5) is 17.6 Å². The maximum Gasteiger partial charge on any atom is 0.435 e. The van der Waals surface area contributed by atoms with E-state index in [9.17, 15) is 26.6 Å². The molecule has 12 heteroatoms. The smallest absolute Gasteiger partial charge is 0.374 e. The monoisotopic (exact) mass is 600 g/mol. The van der Waals surface area contributed by atoms with E-state index in [1.807, 2.05) is 13.0 Å². The summed E-state index contributed by atoms with van der Waals surface area (Å²) in [6, 6.07) is 12.8. The number of hydrogen-bond acceptors (Lipinski definition) is 4. The highest BCUT2D eigenvalue weighted by Crippen LogP contribution is 2.50. The van der Waals surface area contributed by atoms with Gasteiger partial charge in [-0.3, -0.25) is 4.79 Å². The van der Waals surface area contributed by atoms with Gasteiger partial charge in [-0.1, -0.05) is 53.5 Å². The van der Waals surface area contributed by atoms with Gasteiger partial charge < -0.3 is 4.84 Å². The normalized spacial score (nSPS) is 18.7. The van der Waals surface area contributed by atoms with Gasteiger partial charge in [-0.2, -0.15) is 17.5 Å². The molecule has 0 saturated heterocycles. The predicted octanol–water partition coefficient (Wildman–Crippen LogP) is 8.02. The average Bonchev–Trinajstić information content (AvgIpc) is 3.34. The number of benzene rings is 3. The third kappa shape index (κ3) is 5.42. The Morgan fingerprint density at radius 1 is 1.10 bits per heavy atom. The second kappa shape index (κ2) is 10.6. The first kappa shape index (κ1) is 29.0. The second-order valence-electron chi connectivity index (χ2n) is 9.06. The number of rotatable bonds is 5. The number of carbonyl (C=O) groups is 1. The molecule has 0 spiro atoms. The number of halogens is 6. The van der Waals surface area contributed by atoms with Crippen LogP contribution in [0.2, 0.25) is 10.0 Å². The summed E-state index contributed by atoms with van der Waals surface area (Å²) in [6.07, 6.45) is -5.70. The lowest BCUT2D eigenvalue weighted by molar-refractivity contribution is -0.275. The fourth-order valence-electron chi connectivity index (χ4n) is 4.21. The zero-order valence-electron chi connectivity index (χ0n) is 20.9. The van der Waals surface area contributed by atoms with Crippen LogP contribution in [0.15, 0.2) is 69.0 Å². The molecule has 1 amide bonds. The van der Waals surface area contributed by atoms with Crippen LogP contribution in [0.25, 0.3) is 0 Å². The topological polar surface area (TPSA) is 68.1 Å². The molecule has 2 unspecified atom stereocenters. The molecule has 0 N–H and O–H groups in total. The summed E-state index contributed by atoms with van der Waals surface area (Å²) in [5.41, 5.74) is -1.82. The summed E-state index contributed by atoms with van der Waals surface area (Å²) < 4.78 is 74.3. The van der Waals surface area contributed by atoms with E-state index in [1.54, 1.807) is 32.0 Å². The standard InChI is InChI=1S/C27H22Cl2F4N2O3S/c1-4-39(37,19-7-5-6-15(2)10-19)35-25(36)20-9-8-17(11-16(20)3)23-14-26(38-34-23,27(31,32)33)18-12-21(28)24(30)22(29)13-18/h5-13H,4,14H2,1-3H3. The van der Waals surface area contributed by atoms with Crippen LogP contribution in [0.1, 0.15) is 46.0 Å². The van der Waals surface area contributed by atoms with Gasteiger partial charge in [-0.05, 0) is 66.9 Å². The van der Waals surface area contributed by atoms with Gasteiger partial charge in [-0.15, -0.1) is 0 Å². The van der Waals surface area contributed by atoms with E-state index in [-0.39, 0.29) is 22.6 Å². The molecule has 0 aromatic heterocycles. The second-order valence-corrected chi connectivity index (χ2v) is 12.4. The molecule has 3 aromatic carbocycles. The minimum absolute atomic E-state index is 0.0555. The molecule has 0 radical (unpaired) electrons. The molecular formula is C27H22Cl2F4N2O3S.